The molecule has 2 rings (SSSR count). The third-order valence-corrected chi connectivity index (χ3v) is 4.46. The number of hydrogen-bond donors (Lipinski definition) is 1. The summed E-state index contributed by atoms with van der Waals surface area (Å²) >= 11 is 11.8. The van der Waals surface area contributed by atoms with Crippen molar-refractivity contribution in [3.05, 3.63) is 58.1 Å². The highest BCUT2D eigenvalue weighted by molar-refractivity contribution is 7.89. The third kappa shape index (κ3) is 4.85. The lowest BCUT2D eigenvalue weighted by Gasteiger charge is -2.09. The number of primary sulfonamides is 1. The molecule has 128 valence electrons. The lowest BCUT2D eigenvalue weighted by molar-refractivity contribution is 0.0451. The van der Waals surface area contributed by atoms with Crippen LogP contribution in [0.25, 0.3) is 0 Å². The van der Waals surface area contributed by atoms with Gasteiger partial charge in [0, 0.05) is 0 Å². The molecule has 2 aromatic rings. The first kappa shape index (κ1) is 18.5. The summed E-state index contributed by atoms with van der Waals surface area (Å²) in [5.74, 6) is -0.243. The lowest BCUT2D eigenvalue weighted by atomic mass is 10.2. The molecular formula is C15H13Cl2NO5S. The molecule has 0 aliphatic heterocycles. The maximum atomic E-state index is 11.9. The molecular weight excluding hydrogens is 377 g/mol. The maximum absolute atomic E-state index is 11.9. The van der Waals surface area contributed by atoms with Crippen molar-refractivity contribution in [1.29, 1.82) is 0 Å². The molecule has 0 saturated heterocycles. The van der Waals surface area contributed by atoms with Gasteiger partial charge in [0.25, 0.3) is 0 Å². The number of halogens is 2. The Morgan fingerprint density at radius 1 is 1.00 bits per heavy atom. The Balaban J connectivity index is 1.86. The number of nitrogens with two attached hydrogens (primary N) is 1. The Morgan fingerprint density at radius 2 is 1.58 bits per heavy atom. The largest absolute Gasteiger partial charge is 0.490 e. The zero-order valence-corrected chi connectivity index (χ0v) is 14.6. The molecule has 0 saturated carbocycles. The lowest BCUT2D eigenvalue weighted by Crippen LogP contribution is -2.14. The second kappa shape index (κ2) is 7.85. The average Bonchev–Trinajstić information content (AvgIpc) is 2.51. The SMILES string of the molecule is NS(=O)(=O)c1ccc(OCCOC(=O)c2c(Cl)cccc2Cl)cc1. The number of carbonyl (C=O) groups is 1. The molecule has 0 atom stereocenters. The Labute approximate surface area is 149 Å². The van der Waals surface area contributed by atoms with Crippen LogP contribution in [0.3, 0.4) is 0 Å². The van der Waals surface area contributed by atoms with Crippen LogP contribution in [0.15, 0.2) is 47.4 Å². The molecule has 0 heterocycles. The summed E-state index contributed by atoms with van der Waals surface area (Å²) in [7, 11) is -3.74. The number of rotatable bonds is 6. The molecule has 0 spiro atoms. The standard InChI is InChI=1S/C15H13Cl2NO5S/c16-12-2-1-3-13(17)14(12)15(19)23-9-8-22-10-4-6-11(7-5-10)24(18,20)21/h1-7H,8-9H2,(H2,18,20,21). The van der Waals surface area contributed by atoms with Crippen LogP contribution in [0.2, 0.25) is 10.0 Å². The van der Waals surface area contributed by atoms with E-state index in [9.17, 15) is 13.2 Å². The second-order valence-corrected chi connectivity index (χ2v) is 6.97. The Hall–Kier alpha value is -1.80. The summed E-state index contributed by atoms with van der Waals surface area (Å²) in [6, 6.07) is 10.2. The first-order valence-corrected chi connectivity index (χ1v) is 8.96. The van der Waals surface area contributed by atoms with Gasteiger partial charge in [-0.1, -0.05) is 29.3 Å². The fourth-order valence-electron chi connectivity index (χ4n) is 1.78. The van der Waals surface area contributed by atoms with Crippen molar-refractivity contribution in [2.75, 3.05) is 13.2 Å². The maximum Gasteiger partial charge on any atom is 0.341 e. The van der Waals surface area contributed by atoms with Gasteiger partial charge < -0.3 is 9.47 Å². The van der Waals surface area contributed by atoms with E-state index in [1.165, 1.54) is 36.4 Å². The summed E-state index contributed by atoms with van der Waals surface area (Å²) in [6.07, 6.45) is 0. The van der Waals surface area contributed by atoms with Crippen LogP contribution in [0.5, 0.6) is 5.75 Å². The highest BCUT2D eigenvalue weighted by Gasteiger charge is 2.15. The van der Waals surface area contributed by atoms with E-state index in [-0.39, 0.29) is 33.7 Å². The number of benzene rings is 2. The highest BCUT2D eigenvalue weighted by Crippen LogP contribution is 2.24. The van der Waals surface area contributed by atoms with Crippen LogP contribution in [0.4, 0.5) is 0 Å². The molecule has 6 nitrogen and oxygen atoms in total. The monoisotopic (exact) mass is 389 g/mol. The molecule has 0 bridgehead atoms. The zero-order valence-electron chi connectivity index (χ0n) is 12.2. The van der Waals surface area contributed by atoms with Gasteiger partial charge in [0.1, 0.15) is 19.0 Å². The van der Waals surface area contributed by atoms with E-state index in [1.54, 1.807) is 6.07 Å². The molecule has 0 aliphatic rings. The molecule has 24 heavy (non-hydrogen) atoms. The molecule has 0 aromatic heterocycles. The van der Waals surface area contributed by atoms with E-state index in [0.29, 0.717) is 5.75 Å². The number of ether oxygens (including phenoxy) is 2. The third-order valence-electron chi connectivity index (χ3n) is 2.90. The van der Waals surface area contributed by atoms with Crippen LogP contribution in [0.1, 0.15) is 10.4 Å². The predicted molar refractivity (Wildman–Crippen MR) is 90.1 cm³/mol. The van der Waals surface area contributed by atoms with Gasteiger partial charge in [0.15, 0.2) is 0 Å². The molecule has 0 unspecified atom stereocenters. The van der Waals surface area contributed by atoms with Gasteiger partial charge in [-0.05, 0) is 36.4 Å². The van der Waals surface area contributed by atoms with E-state index in [4.69, 9.17) is 37.8 Å². The van der Waals surface area contributed by atoms with Crippen molar-refractivity contribution in [3.63, 3.8) is 0 Å². The molecule has 0 aliphatic carbocycles. The molecule has 0 fully saturated rings. The summed E-state index contributed by atoms with van der Waals surface area (Å²) in [5, 5.41) is 5.40. The van der Waals surface area contributed by atoms with Gasteiger partial charge in [-0.2, -0.15) is 0 Å². The predicted octanol–water partition coefficient (Wildman–Crippen LogP) is 2.88. The van der Waals surface area contributed by atoms with E-state index >= 15 is 0 Å². The van der Waals surface area contributed by atoms with Gasteiger partial charge >= 0.3 is 5.97 Å². The van der Waals surface area contributed by atoms with Gasteiger partial charge in [0.2, 0.25) is 10.0 Å². The van der Waals surface area contributed by atoms with Gasteiger partial charge in [-0.25, -0.2) is 18.4 Å². The number of sulfonamides is 1. The van der Waals surface area contributed by atoms with E-state index in [2.05, 4.69) is 0 Å². The van der Waals surface area contributed by atoms with Crippen molar-refractivity contribution < 1.29 is 22.7 Å². The summed E-state index contributed by atoms with van der Waals surface area (Å²) in [4.78, 5) is 11.9. The van der Waals surface area contributed by atoms with Gasteiger partial charge in [0.05, 0.1) is 20.5 Å². The highest BCUT2D eigenvalue weighted by atomic mass is 35.5. The topological polar surface area (TPSA) is 95.7 Å². The Bertz CT molecular complexity index is 817. The molecule has 2 N–H and O–H groups in total. The van der Waals surface area contributed by atoms with Crippen molar-refractivity contribution in [3.8, 4) is 5.75 Å². The fourth-order valence-corrected chi connectivity index (χ4v) is 2.85. The van der Waals surface area contributed by atoms with Gasteiger partial charge in [-0.15, -0.1) is 0 Å². The molecule has 0 amide bonds. The van der Waals surface area contributed by atoms with Crippen LogP contribution in [0, 0.1) is 0 Å². The minimum atomic E-state index is -3.74. The summed E-state index contributed by atoms with van der Waals surface area (Å²) in [6.45, 7) is 0.0415. The number of esters is 1. The second-order valence-electron chi connectivity index (χ2n) is 4.60. The van der Waals surface area contributed by atoms with Crippen LogP contribution < -0.4 is 9.88 Å². The van der Waals surface area contributed by atoms with Crippen molar-refractivity contribution >= 4 is 39.2 Å². The first-order valence-electron chi connectivity index (χ1n) is 6.66. The van der Waals surface area contributed by atoms with E-state index in [1.807, 2.05) is 0 Å². The minimum Gasteiger partial charge on any atom is -0.490 e. The van der Waals surface area contributed by atoms with E-state index < -0.39 is 16.0 Å². The van der Waals surface area contributed by atoms with Crippen molar-refractivity contribution in [2.24, 2.45) is 5.14 Å². The van der Waals surface area contributed by atoms with Crippen molar-refractivity contribution in [1.82, 2.24) is 0 Å². The molecule has 0 radical (unpaired) electrons. The van der Waals surface area contributed by atoms with E-state index in [0.717, 1.165) is 0 Å². The number of hydrogen-bond acceptors (Lipinski definition) is 5. The smallest absolute Gasteiger partial charge is 0.341 e. The molecule has 9 heteroatoms. The fraction of sp³-hybridized carbons (Fsp3) is 0.133. The normalized spacial score (nSPS) is 11.1. The minimum absolute atomic E-state index is 0.0189. The van der Waals surface area contributed by atoms with Gasteiger partial charge in [-0.3, -0.25) is 0 Å². The van der Waals surface area contributed by atoms with Crippen LogP contribution in [-0.2, 0) is 14.8 Å². The summed E-state index contributed by atoms with van der Waals surface area (Å²) in [5.41, 5.74) is 0.0957. The average molecular weight is 390 g/mol. The first-order chi connectivity index (χ1) is 11.3. The Morgan fingerprint density at radius 3 is 2.12 bits per heavy atom. The van der Waals surface area contributed by atoms with Crippen LogP contribution in [-0.4, -0.2) is 27.6 Å². The van der Waals surface area contributed by atoms with Crippen molar-refractivity contribution in [2.45, 2.75) is 4.90 Å². The summed E-state index contributed by atoms with van der Waals surface area (Å²) < 4.78 is 32.6. The zero-order chi connectivity index (χ0) is 17.7. The Kier molecular flexibility index (Phi) is 6.06. The number of carbonyl (C=O) groups excluding carboxylic acids is 1. The molecule has 2 aromatic carbocycles. The quantitative estimate of drug-likeness (QED) is 0.605. The van der Waals surface area contributed by atoms with Crippen LogP contribution >= 0.6 is 23.2 Å².